The molecule has 0 radical (unpaired) electrons. The van der Waals surface area contributed by atoms with Crippen LogP contribution in [0.1, 0.15) is 88.9 Å². The number of nitrogens with two attached hydrogens (primary N) is 1. The fraction of sp³-hybridized carbons (Fsp3) is 0.424. The molecule has 41 heavy (non-hydrogen) atoms. The molecule has 3 rings (SSSR count). The number of carbonyl (C=O) groups is 1. The van der Waals surface area contributed by atoms with Gasteiger partial charge in [-0.2, -0.15) is 0 Å². The largest absolute Gasteiger partial charge is 0.494 e. The summed E-state index contributed by atoms with van der Waals surface area (Å²) in [6.07, 6.45) is 9.82. The van der Waals surface area contributed by atoms with Crippen molar-refractivity contribution in [3.8, 4) is 28.4 Å². The third kappa shape index (κ3) is 9.81. The normalized spacial score (nSPS) is 11.6. The molecule has 1 atom stereocenters. The number of nitro benzene ring substituents is 1. The van der Waals surface area contributed by atoms with Crippen molar-refractivity contribution >= 4 is 17.3 Å². The molecule has 3 aromatic rings. The zero-order valence-electron chi connectivity index (χ0n) is 24.4. The molecule has 8 nitrogen and oxygen atoms in total. The molecule has 0 saturated heterocycles. The zero-order valence-corrected chi connectivity index (χ0v) is 24.4. The Labute approximate surface area is 243 Å². The summed E-state index contributed by atoms with van der Waals surface area (Å²) in [7, 11) is 0. The number of rotatable bonds is 17. The molecule has 0 bridgehead atoms. The van der Waals surface area contributed by atoms with Crippen molar-refractivity contribution in [1.29, 1.82) is 0 Å². The molecule has 0 saturated carbocycles. The molecule has 0 aliphatic carbocycles. The second-order valence-electron chi connectivity index (χ2n) is 10.3. The van der Waals surface area contributed by atoms with Crippen LogP contribution in [0.2, 0.25) is 0 Å². The van der Waals surface area contributed by atoms with E-state index in [1.54, 1.807) is 54.6 Å². The predicted octanol–water partition coefficient (Wildman–Crippen LogP) is 8.76. The average molecular weight is 563 g/mol. The van der Waals surface area contributed by atoms with Gasteiger partial charge in [-0.1, -0.05) is 64.5 Å². The van der Waals surface area contributed by atoms with Crippen LogP contribution in [0, 0.1) is 10.1 Å². The number of benzene rings is 3. The van der Waals surface area contributed by atoms with Crippen LogP contribution in [-0.2, 0) is 0 Å². The Balaban J connectivity index is 1.63. The summed E-state index contributed by atoms with van der Waals surface area (Å²) < 4.78 is 17.2. The Bertz CT molecular complexity index is 1260. The number of hydrogen-bond acceptors (Lipinski definition) is 7. The van der Waals surface area contributed by atoms with Gasteiger partial charge in [0, 0.05) is 0 Å². The first-order valence-corrected chi connectivity index (χ1v) is 14.6. The number of anilines is 1. The number of carbonyl (C=O) groups excluding carboxylic acids is 1. The van der Waals surface area contributed by atoms with Gasteiger partial charge in [0.1, 0.15) is 17.2 Å². The summed E-state index contributed by atoms with van der Waals surface area (Å²) >= 11 is 0. The summed E-state index contributed by atoms with van der Waals surface area (Å²) in [6, 6.07) is 16.3. The van der Waals surface area contributed by atoms with Crippen molar-refractivity contribution in [1.82, 2.24) is 0 Å². The third-order valence-corrected chi connectivity index (χ3v) is 6.85. The molecule has 0 aliphatic rings. The highest BCUT2D eigenvalue weighted by Crippen LogP contribution is 2.38. The van der Waals surface area contributed by atoms with Gasteiger partial charge < -0.3 is 19.9 Å². The number of ether oxygens (including phenoxy) is 3. The molecular formula is C33H42N2O6. The summed E-state index contributed by atoms with van der Waals surface area (Å²) in [5.74, 6) is 0.897. The van der Waals surface area contributed by atoms with Crippen LogP contribution in [0.15, 0.2) is 60.7 Å². The Hall–Kier alpha value is -4.07. The molecule has 8 heteroatoms. The molecule has 0 heterocycles. The number of nitro groups is 1. The summed E-state index contributed by atoms with van der Waals surface area (Å²) in [4.78, 5) is 24.2. The number of hydrogen-bond donors (Lipinski definition) is 1. The fourth-order valence-corrected chi connectivity index (χ4v) is 4.48. The lowest BCUT2D eigenvalue weighted by molar-refractivity contribution is -0.384. The second kappa shape index (κ2) is 16.3. The lowest BCUT2D eigenvalue weighted by Gasteiger charge is -2.17. The van der Waals surface area contributed by atoms with Crippen LogP contribution in [-0.4, -0.2) is 23.6 Å². The van der Waals surface area contributed by atoms with E-state index in [1.807, 2.05) is 6.92 Å². The van der Waals surface area contributed by atoms with E-state index in [1.165, 1.54) is 25.3 Å². The molecule has 0 aliphatic heterocycles. The van der Waals surface area contributed by atoms with Crippen LogP contribution >= 0.6 is 0 Å². The Morgan fingerprint density at radius 1 is 0.878 bits per heavy atom. The number of esters is 1. The highest BCUT2D eigenvalue weighted by atomic mass is 16.6. The van der Waals surface area contributed by atoms with Crippen molar-refractivity contribution in [3.05, 3.63) is 76.3 Å². The van der Waals surface area contributed by atoms with E-state index < -0.39 is 10.9 Å². The molecule has 2 N–H and O–H groups in total. The van der Waals surface area contributed by atoms with Gasteiger partial charge in [-0.15, -0.1) is 0 Å². The maximum atomic E-state index is 12.7. The third-order valence-electron chi connectivity index (χ3n) is 6.85. The van der Waals surface area contributed by atoms with Crippen molar-refractivity contribution in [2.24, 2.45) is 0 Å². The Kier molecular flexibility index (Phi) is 12.5. The van der Waals surface area contributed by atoms with Gasteiger partial charge in [0.25, 0.3) is 5.69 Å². The molecule has 0 fully saturated rings. The highest BCUT2D eigenvalue weighted by molar-refractivity contribution is 5.92. The first kappa shape index (κ1) is 31.5. The van der Waals surface area contributed by atoms with E-state index >= 15 is 0 Å². The van der Waals surface area contributed by atoms with E-state index in [9.17, 15) is 14.9 Å². The van der Waals surface area contributed by atoms with Gasteiger partial charge in [-0.25, -0.2) is 4.79 Å². The van der Waals surface area contributed by atoms with Crippen molar-refractivity contribution in [2.45, 2.75) is 84.7 Å². The molecule has 0 amide bonds. The van der Waals surface area contributed by atoms with E-state index in [0.29, 0.717) is 40.5 Å². The Morgan fingerprint density at radius 3 is 2.17 bits per heavy atom. The second-order valence-corrected chi connectivity index (χ2v) is 10.3. The monoisotopic (exact) mass is 562 g/mol. The van der Waals surface area contributed by atoms with E-state index in [4.69, 9.17) is 19.9 Å². The van der Waals surface area contributed by atoms with Gasteiger partial charge in [-0.3, -0.25) is 10.1 Å². The van der Waals surface area contributed by atoms with Gasteiger partial charge in [0.2, 0.25) is 0 Å². The van der Waals surface area contributed by atoms with E-state index in [0.717, 1.165) is 44.3 Å². The van der Waals surface area contributed by atoms with Crippen LogP contribution in [0.3, 0.4) is 0 Å². The highest BCUT2D eigenvalue weighted by Gasteiger charge is 2.21. The van der Waals surface area contributed by atoms with Crippen LogP contribution in [0.25, 0.3) is 11.1 Å². The van der Waals surface area contributed by atoms with Crippen LogP contribution in [0.5, 0.6) is 17.2 Å². The van der Waals surface area contributed by atoms with Gasteiger partial charge in [0.15, 0.2) is 0 Å². The topological polar surface area (TPSA) is 114 Å². The lowest BCUT2D eigenvalue weighted by atomic mass is 10.0. The summed E-state index contributed by atoms with van der Waals surface area (Å²) in [5.41, 5.74) is 7.65. The molecule has 0 unspecified atom stereocenters. The number of unbranched alkanes of at least 4 members (excludes halogenated alkanes) is 6. The standard InChI is InChI=1S/C33H42N2O6/c1-4-6-8-9-11-21-39-27-17-19-28(20-18-27)41-33(36)26-15-13-25(14-16-26)29-22-30(34)32(23-31(29)35(37)38)40-24(3)12-10-7-5-2/h13-20,22-24H,4-12,21,34H2,1-3H3/t24-/m1/s1. The molecule has 0 aromatic heterocycles. The summed E-state index contributed by atoms with van der Waals surface area (Å²) in [5, 5.41) is 11.9. The first-order chi connectivity index (χ1) is 19.8. The molecule has 3 aromatic carbocycles. The SMILES string of the molecule is CCCCCCCOc1ccc(OC(=O)c2ccc(-c3cc(N)c(O[C@H](C)CCCCC)cc3[N+](=O)[O-])cc2)cc1. The maximum Gasteiger partial charge on any atom is 0.343 e. The predicted molar refractivity (Wildman–Crippen MR) is 163 cm³/mol. The van der Waals surface area contributed by atoms with E-state index in [2.05, 4.69) is 13.8 Å². The average Bonchev–Trinajstić information content (AvgIpc) is 2.96. The van der Waals surface area contributed by atoms with Crippen LogP contribution < -0.4 is 19.9 Å². The quantitative estimate of drug-likeness (QED) is 0.0437. The molecular weight excluding hydrogens is 520 g/mol. The van der Waals surface area contributed by atoms with Gasteiger partial charge in [0.05, 0.1) is 40.5 Å². The minimum atomic E-state index is -0.532. The number of nitrogens with zero attached hydrogens (tertiary/aromatic N) is 1. The minimum absolute atomic E-state index is 0.108. The maximum absolute atomic E-state index is 12.7. The van der Waals surface area contributed by atoms with E-state index in [-0.39, 0.29) is 11.8 Å². The number of nitrogen functional groups attached to an aromatic ring is 1. The minimum Gasteiger partial charge on any atom is -0.494 e. The van der Waals surface area contributed by atoms with Crippen molar-refractivity contribution in [3.63, 3.8) is 0 Å². The molecule has 220 valence electrons. The molecule has 0 spiro atoms. The summed E-state index contributed by atoms with van der Waals surface area (Å²) in [6.45, 7) is 6.92. The van der Waals surface area contributed by atoms with Gasteiger partial charge in [-0.05, 0) is 74.2 Å². The van der Waals surface area contributed by atoms with Crippen LogP contribution in [0.4, 0.5) is 11.4 Å². The lowest BCUT2D eigenvalue weighted by Crippen LogP contribution is -2.13. The van der Waals surface area contributed by atoms with Crippen molar-refractivity contribution in [2.75, 3.05) is 12.3 Å². The smallest absolute Gasteiger partial charge is 0.343 e. The Morgan fingerprint density at radius 2 is 1.51 bits per heavy atom. The zero-order chi connectivity index (χ0) is 29.6. The van der Waals surface area contributed by atoms with Gasteiger partial charge >= 0.3 is 5.97 Å². The van der Waals surface area contributed by atoms with Crippen molar-refractivity contribution < 1.29 is 23.9 Å². The first-order valence-electron chi connectivity index (χ1n) is 14.6. The fourth-order valence-electron chi connectivity index (χ4n) is 4.48.